The monoisotopic (exact) mass is 315 g/mol. The van der Waals surface area contributed by atoms with Crippen molar-refractivity contribution in [3.05, 3.63) is 0 Å². The molecule has 0 aliphatic carbocycles. The van der Waals surface area contributed by atoms with Crippen molar-refractivity contribution in [2.75, 3.05) is 3.76 Å². The maximum atomic E-state index is 10.8. The number of hydrogen-bond acceptors (Lipinski definition) is 3. The van der Waals surface area contributed by atoms with Gasteiger partial charge in [0.2, 0.25) is 5.91 Å². The average Bonchev–Trinajstić information content (AvgIpc) is 1.99. The highest BCUT2D eigenvalue weighted by Crippen LogP contribution is 2.28. The molecule has 0 bridgehead atoms. The molecule has 0 spiro atoms. The molecule has 0 fully saturated rings. The molecule has 3 nitrogen and oxygen atoms in total. The molecule has 0 rings (SSSR count). The summed E-state index contributed by atoms with van der Waals surface area (Å²) in [5.41, 5.74) is 0. The number of thioether (sulfide) groups is 1. The van der Waals surface area contributed by atoms with E-state index in [0.29, 0.717) is 0 Å². The summed E-state index contributed by atoms with van der Waals surface area (Å²) in [7, 11) is 0. The molecule has 0 aliphatic rings. The first-order chi connectivity index (χ1) is 5.94. The van der Waals surface area contributed by atoms with Gasteiger partial charge >= 0.3 is 0 Å². The van der Waals surface area contributed by atoms with Crippen LogP contribution in [0.2, 0.25) is 0 Å². The molecule has 13 heavy (non-hydrogen) atoms. The Kier molecular flexibility index (Phi) is 5.95. The summed E-state index contributed by atoms with van der Waals surface area (Å²) >= 11 is 3.88. The summed E-state index contributed by atoms with van der Waals surface area (Å²) in [5.74, 6) is -0.167. The number of amides is 1. The van der Waals surface area contributed by atoms with E-state index in [1.165, 1.54) is 6.92 Å². The van der Waals surface area contributed by atoms with Crippen LogP contribution in [0.5, 0.6) is 0 Å². The van der Waals surface area contributed by atoms with Gasteiger partial charge in [-0.25, -0.2) is 0 Å². The fourth-order valence-electron chi connectivity index (χ4n) is 0.821. The van der Waals surface area contributed by atoms with Gasteiger partial charge in [0.05, 0.1) is 6.04 Å². The Morgan fingerprint density at radius 3 is 2.54 bits per heavy atom. The number of nitrogens with one attached hydrogen (secondary N) is 1. The van der Waals surface area contributed by atoms with Gasteiger partial charge < -0.3 is 10.1 Å². The highest BCUT2D eigenvalue weighted by Gasteiger charge is 2.29. The molecule has 0 aromatic heterocycles. The van der Waals surface area contributed by atoms with Crippen molar-refractivity contribution in [3.63, 3.8) is 0 Å². The van der Waals surface area contributed by atoms with E-state index in [9.17, 15) is 9.59 Å². The van der Waals surface area contributed by atoms with Gasteiger partial charge in [-0.2, -0.15) is 0 Å². The molecule has 0 aliphatic heterocycles. The number of alkyl halides is 1. The first-order valence-corrected chi connectivity index (χ1v) is 6.37. The van der Waals surface area contributed by atoms with E-state index in [1.807, 2.05) is 13.8 Å². The molecular formula is C8H14INO2S. The van der Waals surface area contributed by atoms with Gasteiger partial charge in [-0.3, -0.25) is 4.79 Å². The van der Waals surface area contributed by atoms with Crippen LogP contribution in [0.25, 0.3) is 0 Å². The molecule has 0 saturated carbocycles. The van der Waals surface area contributed by atoms with Crippen molar-refractivity contribution in [3.8, 4) is 0 Å². The Balaban J connectivity index is 4.36. The van der Waals surface area contributed by atoms with E-state index in [-0.39, 0.29) is 10.7 Å². The van der Waals surface area contributed by atoms with E-state index in [1.54, 1.807) is 11.8 Å². The van der Waals surface area contributed by atoms with Crippen LogP contribution in [0.4, 0.5) is 0 Å². The van der Waals surface area contributed by atoms with Crippen LogP contribution in [0.1, 0.15) is 20.8 Å². The van der Waals surface area contributed by atoms with Crippen LogP contribution in [-0.2, 0) is 9.59 Å². The zero-order chi connectivity index (χ0) is 10.5. The lowest BCUT2D eigenvalue weighted by molar-refractivity contribution is -0.122. The largest absolute Gasteiger partial charge is 0.345 e. The Morgan fingerprint density at radius 2 is 2.23 bits per heavy atom. The third-order valence-electron chi connectivity index (χ3n) is 1.67. The van der Waals surface area contributed by atoms with Crippen LogP contribution in [0.3, 0.4) is 0 Å². The molecule has 0 heterocycles. The molecule has 0 aromatic carbocycles. The summed E-state index contributed by atoms with van der Waals surface area (Å²) in [4.78, 5) is 21.5. The molecule has 1 N–H and O–H groups in total. The molecule has 0 radical (unpaired) electrons. The number of aldehydes is 1. The summed E-state index contributed by atoms with van der Waals surface area (Å²) < 4.78 is 0.656. The predicted molar refractivity (Wildman–Crippen MR) is 64.2 cm³/mol. The number of carbonyl (C=O) groups is 2. The minimum absolute atomic E-state index is 0.167. The SMILES string of the molecule is CC(=O)N[C@H](C=O)C(C)(C)SCI. The second kappa shape index (κ2) is 5.85. The zero-order valence-electron chi connectivity index (χ0n) is 7.96. The normalized spacial score (nSPS) is 13.5. The molecule has 5 heteroatoms. The molecule has 0 aromatic rings. The number of rotatable bonds is 5. The average molecular weight is 315 g/mol. The van der Waals surface area contributed by atoms with E-state index in [4.69, 9.17) is 0 Å². The maximum Gasteiger partial charge on any atom is 0.217 e. The van der Waals surface area contributed by atoms with Gasteiger partial charge in [0, 0.05) is 15.4 Å². The van der Waals surface area contributed by atoms with Gasteiger partial charge in [-0.15, -0.1) is 11.8 Å². The lowest BCUT2D eigenvalue weighted by atomic mass is 10.1. The van der Waals surface area contributed by atoms with Crippen LogP contribution in [0.15, 0.2) is 0 Å². The minimum Gasteiger partial charge on any atom is -0.345 e. The number of halogens is 1. The fourth-order valence-corrected chi connectivity index (χ4v) is 3.80. The van der Waals surface area contributed by atoms with E-state index < -0.39 is 6.04 Å². The standard InChI is InChI=1S/C8H14INO2S/c1-6(12)10-7(4-11)8(2,3)13-5-9/h4,7H,5H2,1-3H3,(H,10,12)/t7-/m1/s1. The third kappa shape index (κ3) is 4.85. The third-order valence-corrected chi connectivity index (χ3v) is 3.71. The van der Waals surface area contributed by atoms with Crippen molar-refractivity contribution in [1.82, 2.24) is 5.32 Å². The van der Waals surface area contributed by atoms with E-state index in [0.717, 1.165) is 10.0 Å². The topological polar surface area (TPSA) is 46.2 Å². The first-order valence-electron chi connectivity index (χ1n) is 3.86. The predicted octanol–water partition coefficient (Wildman–Crippen LogP) is 1.59. The molecule has 1 amide bonds. The van der Waals surface area contributed by atoms with Crippen LogP contribution >= 0.6 is 34.4 Å². The summed E-state index contributed by atoms with van der Waals surface area (Å²) in [6.07, 6.45) is 0.792. The Bertz CT molecular complexity index is 197. The smallest absolute Gasteiger partial charge is 0.217 e. The van der Waals surface area contributed by atoms with Gasteiger partial charge in [0.15, 0.2) is 0 Å². The summed E-state index contributed by atoms with van der Waals surface area (Å²) in [5, 5.41) is 2.62. The van der Waals surface area contributed by atoms with Crippen molar-refractivity contribution in [2.45, 2.75) is 31.6 Å². The second-order valence-electron chi connectivity index (χ2n) is 3.17. The van der Waals surface area contributed by atoms with Crippen LogP contribution < -0.4 is 5.32 Å². The summed E-state index contributed by atoms with van der Waals surface area (Å²) in [6, 6.07) is -0.412. The molecule has 0 unspecified atom stereocenters. The van der Waals surface area contributed by atoms with Gasteiger partial charge in [0.1, 0.15) is 6.29 Å². The van der Waals surface area contributed by atoms with Gasteiger partial charge in [-0.05, 0) is 13.8 Å². The molecule has 1 atom stereocenters. The van der Waals surface area contributed by atoms with Crippen molar-refractivity contribution >= 4 is 46.5 Å². The number of hydrogen-bond donors (Lipinski definition) is 1. The lowest BCUT2D eigenvalue weighted by Gasteiger charge is -2.29. The zero-order valence-corrected chi connectivity index (χ0v) is 10.9. The van der Waals surface area contributed by atoms with Crippen molar-refractivity contribution in [2.24, 2.45) is 0 Å². The Hall–Kier alpha value is 0.220. The molecule has 0 saturated heterocycles. The first kappa shape index (κ1) is 13.2. The van der Waals surface area contributed by atoms with Crippen molar-refractivity contribution in [1.29, 1.82) is 0 Å². The maximum absolute atomic E-state index is 10.8. The van der Waals surface area contributed by atoms with Crippen LogP contribution in [-0.4, -0.2) is 26.7 Å². The van der Waals surface area contributed by atoms with E-state index >= 15 is 0 Å². The molecular weight excluding hydrogens is 301 g/mol. The van der Waals surface area contributed by atoms with Crippen molar-refractivity contribution < 1.29 is 9.59 Å². The highest BCUT2D eigenvalue weighted by atomic mass is 127. The minimum atomic E-state index is -0.412. The lowest BCUT2D eigenvalue weighted by Crippen LogP contribution is -2.47. The highest BCUT2D eigenvalue weighted by molar-refractivity contribution is 14.1. The van der Waals surface area contributed by atoms with E-state index in [2.05, 4.69) is 27.9 Å². The molecule has 76 valence electrons. The quantitative estimate of drug-likeness (QED) is 0.476. The Morgan fingerprint density at radius 1 is 1.69 bits per heavy atom. The second-order valence-corrected chi connectivity index (χ2v) is 6.60. The Labute approximate surface area is 96.6 Å². The van der Waals surface area contributed by atoms with Gasteiger partial charge in [0.25, 0.3) is 0 Å². The fraction of sp³-hybridized carbons (Fsp3) is 0.750. The summed E-state index contributed by atoms with van der Waals surface area (Å²) in [6.45, 7) is 5.32. The van der Waals surface area contributed by atoms with Gasteiger partial charge in [-0.1, -0.05) is 22.6 Å². The number of carbonyl (C=O) groups excluding carboxylic acids is 2. The van der Waals surface area contributed by atoms with Crippen LogP contribution in [0, 0.1) is 0 Å².